The first-order chi connectivity index (χ1) is 11.5. The van der Waals surface area contributed by atoms with Crippen LogP contribution in [0.5, 0.6) is 0 Å². The third-order valence-electron chi connectivity index (χ3n) is 4.60. The molecule has 0 spiro atoms. The van der Waals surface area contributed by atoms with Crippen LogP contribution in [0.25, 0.3) is 0 Å². The van der Waals surface area contributed by atoms with Gasteiger partial charge in [-0.2, -0.15) is 13.2 Å². The van der Waals surface area contributed by atoms with Crippen LogP contribution in [0.4, 0.5) is 13.2 Å². The summed E-state index contributed by atoms with van der Waals surface area (Å²) in [5, 5.41) is 10.7. The topological polar surface area (TPSA) is 59.3 Å². The number of tetrazole rings is 1. The molecular formula is C14H23F3N6O. The predicted molar refractivity (Wildman–Crippen MR) is 79.2 cm³/mol. The minimum Gasteiger partial charge on any atom is -0.379 e. The molecule has 2 fully saturated rings. The van der Waals surface area contributed by atoms with E-state index < -0.39 is 12.7 Å². The number of morpholine rings is 1. The summed E-state index contributed by atoms with van der Waals surface area (Å²) < 4.78 is 44.1. The van der Waals surface area contributed by atoms with Crippen LogP contribution in [-0.4, -0.2) is 81.6 Å². The maximum atomic E-state index is 12.6. The molecule has 0 aliphatic carbocycles. The highest BCUT2D eigenvalue weighted by molar-refractivity contribution is 4.88. The number of hydrogen-bond acceptors (Lipinski definition) is 6. The van der Waals surface area contributed by atoms with E-state index in [1.54, 1.807) is 0 Å². The van der Waals surface area contributed by atoms with E-state index in [4.69, 9.17) is 4.74 Å². The van der Waals surface area contributed by atoms with Crippen LogP contribution in [0.3, 0.4) is 0 Å². The smallest absolute Gasteiger partial charge is 0.379 e. The molecule has 0 N–H and O–H groups in total. The van der Waals surface area contributed by atoms with Crippen LogP contribution in [0.2, 0.25) is 0 Å². The maximum Gasteiger partial charge on any atom is 0.408 e. The zero-order valence-electron chi connectivity index (χ0n) is 13.6. The Labute approximate surface area is 138 Å². The summed E-state index contributed by atoms with van der Waals surface area (Å²) in [5.41, 5.74) is 0. The number of hydrogen-bond donors (Lipinski definition) is 0. The third kappa shape index (κ3) is 4.87. The molecule has 136 valence electrons. The lowest BCUT2D eigenvalue weighted by atomic mass is 10.0. The lowest BCUT2D eigenvalue weighted by Crippen LogP contribution is -2.49. The number of aromatic nitrogens is 4. The number of alkyl halides is 3. The SMILES string of the molecule is FC(F)(F)Cn1nnnc1CN1CCCC[C@H]1CN1CCOCC1. The van der Waals surface area contributed by atoms with Gasteiger partial charge in [0.2, 0.25) is 0 Å². The Bertz CT molecular complexity index is 517. The van der Waals surface area contributed by atoms with Gasteiger partial charge in [-0.05, 0) is 29.8 Å². The van der Waals surface area contributed by atoms with Crippen molar-refractivity contribution in [3.05, 3.63) is 5.82 Å². The van der Waals surface area contributed by atoms with Crippen molar-refractivity contribution >= 4 is 0 Å². The van der Waals surface area contributed by atoms with Gasteiger partial charge in [-0.1, -0.05) is 6.42 Å². The van der Waals surface area contributed by atoms with Gasteiger partial charge in [-0.15, -0.1) is 5.10 Å². The molecule has 3 heterocycles. The highest BCUT2D eigenvalue weighted by atomic mass is 19.4. The maximum absolute atomic E-state index is 12.6. The van der Waals surface area contributed by atoms with E-state index in [2.05, 4.69) is 25.3 Å². The van der Waals surface area contributed by atoms with E-state index in [1.807, 2.05) is 0 Å². The second-order valence-corrected chi connectivity index (χ2v) is 6.40. The van der Waals surface area contributed by atoms with Crippen LogP contribution in [-0.2, 0) is 17.8 Å². The quantitative estimate of drug-likeness (QED) is 0.789. The van der Waals surface area contributed by atoms with Crippen molar-refractivity contribution in [2.24, 2.45) is 0 Å². The Morgan fingerprint density at radius 3 is 2.67 bits per heavy atom. The Morgan fingerprint density at radius 2 is 1.92 bits per heavy atom. The van der Waals surface area contributed by atoms with Crippen molar-refractivity contribution in [1.29, 1.82) is 0 Å². The fraction of sp³-hybridized carbons (Fsp3) is 0.929. The molecule has 10 heteroatoms. The largest absolute Gasteiger partial charge is 0.408 e. The average molecular weight is 348 g/mol. The minimum atomic E-state index is -4.32. The molecule has 7 nitrogen and oxygen atoms in total. The molecule has 2 saturated heterocycles. The van der Waals surface area contributed by atoms with Gasteiger partial charge in [0.25, 0.3) is 0 Å². The fourth-order valence-corrected chi connectivity index (χ4v) is 3.37. The lowest BCUT2D eigenvalue weighted by Gasteiger charge is -2.39. The Kier molecular flexibility index (Phi) is 5.67. The van der Waals surface area contributed by atoms with E-state index in [0.29, 0.717) is 12.6 Å². The molecular weight excluding hydrogens is 325 g/mol. The average Bonchev–Trinajstić information content (AvgIpc) is 2.95. The van der Waals surface area contributed by atoms with Gasteiger partial charge < -0.3 is 4.74 Å². The van der Waals surface area contributed by atoms with Crippen molar-refractivity contribution in [1.82, 2.24) is 30.0 Å². The number of rotatable bonds is 5. The van der Waals surface area contributed by atoms with E-state index >= 15 is 0 Å². The molecule has 0 radical (unpaired) electrons. The highest BCUT2D eigenvalue weighted by Gasteiger charge is 2.32. The standard InChI is InChI=1S/C14H23F3N6O/c15-14(16,17)11-23-13(18-19-20-23)10-22-4-2-1-3-12(22)9-21-5-7-24-8-6-21/h12H,1-11H2/t12-/m0/s1. The van der Waals surface area contributed by atoms with E-state index in [0.717, 1.165) is 63.3 Å². The van der Waals surface area contributed by atoms with E-state index in [9.17, 15) is 13.2 Å². The van der Waals surface area contributed by atoms with Gasteiger partial charge in [-0.25, -0.2) is 4.68 Å². The van der Waals surface area contributed by atoms with Crippen molar-refractivity contribution in [2.75, 3.05) is 39.4 Å². The van der Waals surface area contributed by atoms with Crippen molar-refractivity contribution < 1.29 is 17.9 Å². The lowest BCUT2D eigenvalue weighted by molar-refractivity contribution is -0.143. The first-order valence-corrected chi connectivity index (χ1v) is 8.37. The summed E-state index contributed by atoms with van der Waals surface area (Å²) >= 11 is 0. The van der Waals surface area contributed by atoms with Crippen molar-refractivity contribution in [3.8, 4) is 0 Å². The zero-order chi connectivity index (χ0) is 17.0. The molecule has 1 aromatic heterocycles. The molecule has 0 unspecified atom stereocenters. The van der Waals surface area contributed by atoms with Gasteiger partial charge in [0, 0.05) is 25.7 Å². The summed E-state index contributed by atoms with van der Waals surface area (Å²) in [5.74, 6) is 0.279. The first-order valence-electron chi connectivity index (χ1n) is 8.37. The minimum absolute atomic E-state index is 0.279. The Balaban J connectivity index is 1.62. The molecule has 3 rings (SSSR count). The number of ether oxygens (including phenoxy) is 1. The third-order valence-corrected chi connectivity index (χ3v) is 4.60. The number of likely N-dealkylation sites (tertiary alicyclic amines) is 1. The van der Waals surface area contributed by atoms with E-state index in [-0.39, 0.29) is 5.82 Å². The Hall–Kier alpha value is -1.26. The second-order valence-electron chi connectivity index (χ2n) is 6.40. The van der Waals surface area contributed by atoms with E-state index in [1.165, 1.54) is 0 Å². The van der Waals surface area contributed by atoms with Gasteiger partial charge in [0.1, 0.15) is 6.54 Å². The summed E-state index contributed by atoms with van der Waals surface area (Å²) in [6.45, 7) is 4.33. The van der Waals surface area contributed by atoms with Gasteiger partial charge >= 0.3 is 6.18 Å². The number of halogens is 3. The molecule has 24 heavy (non-hydrogen) atoms. The summed E-state index contributed by atoms with van der Waals surface area (Å²) in [6.07, 6.45) is -1.06. The van der Waals surface area contributed by atoms with Crippen LogP contribution >= 0.6 is 0 Å². The molecule has 0 saturated carbocycles. The summed E-state index contributed by atoms with van der Waals surface area (Å²) in [4.78, 5) is 4.59. The molecule has 0 bridgehead atoms. The molecule has 0 amide bonds. The monoisotopic (exact) mass is 348 g/mol. The Morgan fingerprint density at radius 1 is 1.12 bits per heavy atom. The van der Waals surface area contributed by atoms with Gasteiger partial charge in [0.05, 0.1) is 19.8 Å². The fourth-order valence-electron chi connectivity index (χ4n) is 3.37. The second kappa shape index (κ2) is 7.75. The normalized spacial score (nSPS) is 24.4. The molecule has 2 aliphatic heterocycles. The van der Waals surface area contributed by atoms with Gasteiger partial charge in [-0.3, -0.25) is 9.80 Å². The molecule has 1 atom stereocenters. The zero-order valence-corrected chi connectivity index (χ0v) is 13.6. The van der Waals surface area contributed by atoms with Gasteiger partial charge in [0.15, 0.2) is 5.82 Å². The van der Waals surface area contributed by atoms with Crippen LogP contribution < -0.4 is 0 Å². The van der Waals surface area contributed by atoms with Crippen molar-refractivity contribution in [2.45, 2.75) is 44.6 Å². The number of nitrogens with zero attached hydrogens (tertiary/aromatic N) is 6. The summed E-state index contributed by atoms with van der Waals surface area (Å²) in [6, 6.07) is 0.327. The predicted octanol–water partition coefficient (Wildman–Crippen LogP) is 0.922. The summed E-state index contributed by atoms with van der Waals surface area (Å²) in [7, 11) is 0. The number of piperidine rings is 1. The molecule has 1 aromatic rings. The molecule has 2 aliphatic rings. The first kappa shape index (κ1) is 17.6. The highest BCUT2D eigenvalue weighted by Crippen LogP contribution is 2.22. The van der Waals surface area contributed by atoms with Crippen LogP contribution in [0, 0.1) is 0 Å². The van der Waals surface area contributed by atoms with Crippen molar-refractivity contribution in [3.63, 3.8) is 0 Å². The van der Waals surface area contributed by atoms with Crippen LogP contribution in [0.1, 0.15) is 25.1 Å². The van der Waals surface area contributed by atoms with Crippen LogP contribution in [0.15, 0.2) is 0 Å². The molecule has 0 aromatic carbocycles.